The molecule has 0 bridgehead atoms. The van der Waals surface area contributed by atoms with Crippen molar-refractivity contribution in [2.24, 2.45) is 5.73 Å². The average Bonchev–Trinajstić information content (AvgIpc) is 2.73. The number of aryl methyl sites for hydroxylation is 1. The van der Waals surface area contributed by atoms with E-state index >= 15 is 0 Å². The van der Waals surface area contributed by atoms with Gasteiger partial charge in [-0.2, -0.15) is 0 Å². The Hall–Kier alpha value is -1.68. The van der Waals surface area contributed by atoms with Crippen LogP contribution < -0.4 is 5.73 Å². The standard InChI is InChI=1S/C12H14N4/c13-5-3-12-15-8-11-9-2-1-6-14-10(9)4-7-16(11)12/h1-2,6,8H,3-5,7,13H2. The summed E-state index contributed by atoms with van der Waals surface area (Å²) < 4.78 is 2.26. The molecule has 4 nitrogen and oxygen atoms in total. The first-order valence-electron chi connectivity index (χ1n) is 5.59. The minimum atomic E-state index is 0.649. The van der Waals surface area contributed by atoms with Gasteiger partial charge in [-0.05, 0) is 18.7 Å². The Morgan fingerprint density at radius 2 is 2.31 bits per heavy atom. The van der Waals surface area contributed by atoms with Gasteiger partial charge >= 0.3 is 0 Å². The van der Waals surface area contributed by atoms with E-state index in [1.165, 1.54) is 17.0 Å². The molecule has 0 spiro atoms. The number of hydrogen-bond donors (Lipinski definition) is 1. The molecule has 16 heavy (non-hydrogen) atoms. The molecule has 1 aliphatic heterocycles. The number of imidazole rings is 1. The molecule has 3 heterocycles. The van der Waals surface area contributed by atoms with Crippen LogP contribution in [0.1, 0.15) is 11.5 Å². The topological polar surface area (TPSA) is 56.7 Å². The molecular formula is C12H14N4. The van der Waals surface area contributed by atoms with Crippen molar-refractivity contribution in [2.75, 3.05) is 6.54 Å². The number of aromatic nitrogens is 3. The molecule has 0 atom stereocenters. The predicted molar refractivity (Wildman–Crippen MR) is 61.9 cm³/mol. The molecule has 0 aromatic carbocycles. The van der Waals surface area contributed by atoms with Crippen LogP contribution in [0.25, 0.3) is 11.3 Å². The van der Waals surface area contributed by atoms with Crippen molar-refractivity contribution in [2.45, 2.75) is 19.4 Å². The summed E-state index contributed by atoms with van der Waals surface area (Å²) in [6.45, 7) is 1.62. The van der Waals surface area contributed by atoms with Crippen LogP contribution in [0.3, 0.4) is 0 Å². The zero-order chi connectivity index (χ0) is 11.0. The summed E-state index contributed by atoms with van der Waals surface area (Å²) in [5.41, 5.74) is 9.15. The SMILES string of the molecule is NCCc1ncc2n1CCc1ncccc1-2. The molecule has 0 saturated carbocycles. The van der Waals surface area contributed by atoms with Gasteiger partial charge in [-0.25, -0.2) is 4.98 Å². The quantitative estimate of drug-likeness (QED) is 0.811. The van der Waals surface area contributed by atoms with Crippen molar-refractivity contribution < 1.29 is 0 Å². The van der Waals surface area contributed by atoms with Gasteiger partial charge in [0.05, 0.1) is 17.6 Å². The molecule has 2 N–H and O–H groups in total. The first kappa shape index (κ1) is 9.54. The second-order valence-electron chi connectivity index (χ2n) is 4.00. The molecule has 3 rings (SSSR count). The zero-order valence-electron chi connectivity index (χ0n) is 9.06. The number of fused-ring (bicyclic) bond motifs is 3. The van der Waals surface area contributed by atoms with E-state index in [2.05, 4.69) is 20.6 Å². The van der Waals surface area contributed by atoms with Gasteiger partial charge in [0.2, 0.25) is 0 Å². The van der Waals surface area contributed by atoms with Gasteiger partial charge in [0.1, 0.15) is 5.82 Å². The third-order valence-electron chi connectivity index (χ3n) is 3.04. The van der Waals surface area contributed by atoms with Gasteiger partial charge in [-0.1, -0.05) is 0 Å². The summed E-state index contributed by atoms with van der Waals surface area (Å²) in [6, 6.07) is 4.09. The maximum Gasteiger partial charge on any atom is 0.110 e. The predicted octanol–water partition coefficient (Wildman–Crippen LogP) is 1.00. The molecule has 0 aliphatic carbocycles. The van der Waals surface area contributed by atoms with E-state index in [4.69, 9.17) is 5.73 Å². The molecule has 1 aliphatic rings. The van der Waals surface area contributed by atoms with Gasteiger partial charge < -0.3 is 10.3 Å². The second kappa shape index (κ2) is 3.72. The second-order valence-corrected chi connectivity index (χ2v) is 4.00. The van der Waals surface area contributed by atoms with Crippen molar-refractivity contribution in [1.82, 2.24) is 14.5 Å². The largest absolute Gasteiger partial charge is 0.330 e. The Balaban J connectivity index is 2.12. The van der Waals surface area contributed by atoms with E-state index in [-0.39, 0.29) is 0 Å². The van der Waals surface area contributed by atoms with Gasteiger partial charge in [0.15, 0.2) is 0 Å². The summed E-state index contributed by atoms with van der Waals surface area (Å²) in [5.74, 6) is 1.09. The number of nitrogens with two attached hydrogens (primary N) is 1. The lowest BCUT2D eigenvalue weighted by Crippen LogP contribution is -2.16. The summed E-state index contributed by atoms with van der Waals surface area (Å²) in [6.07, 6.45) is 5.61. The van der Waals surface area contributed by atoms with Crippen LogP contribution >= 0.6 is 0 Å². The summed E-state index contributed by atoms with van der Waals surface area (Å²) in [5, 5.41) is 0. The highest BCUT2D eigenvalue weighted by atomic mass is 15.1. The lowest BCUT2D eigenvalue weighted by molar-refractivity contribution is 0.631. The van der Waals surface area contributed by atoms with Crippen LogP contribution in [0, 0.1) is 0 Å². The van der Waals surface area contributed by atoms with E-state index in [0.29, 0.717) is 6.54 Å². The first-order valence-corrected chi connectivity index (χ1v) is 5.59. The van der Waals surface area contributed by atoms with Crippen molar-refractivity contribution in [1.29, 1.82) is 0 Å². The fourth-order valence-corrected chi connectivity index (χ4v) is 2.30. The zero-order valence-corrected chi connectivity index (χ0v) is 9.06. The Morgan fingerprint density at radius 1 is 1.38 bits per heavy atom. The maximum absolute atomic E-state index is 5.58. The normalized spacial score (nSPS) is 13.3. The minimum Gasteiger partial charge on any atom is -0.330 e. The minimum absolute atomic E-state index is 0.649. The van der Waals surface area contributed by atoms with Crippen LogP contribution in [0.15, 0.2) is 24.5 Å². The first-order chi connectivity index (χ1) is 7.90. The highest BCUT2D eigenvalue weighted by molar-refractivity contribution is 5.63. The molecular weight excluding hydrogens is 200 g/mol. The van der Waals surface area contributed by atoms with Crippen LogP contribution in [0.4, 0.5) is 0 Å². The molecule has 0 radical (unpaired) electrons. The lowest BCUT2D eigenvalue weighted by Gasteiger charge is -2.19. The van der Waals surface area contributed by atoms with Crippen LogP contribution in [0.2, 0.25) is 0 Å². The number of pyridine rings is 1. The van der Waals surface area contributed by atoms with E-state index in [1.54, 1.807) is 0 Å². The van der Waals surface area contributed by atoms with Crippen molar-refractivity contribution in [3.63, 3.8) is 0 Å². The Bertz CT molecular complexity index is 515. The molecule has 0 fully saturated rings. The van der Waals surface area contributed by atoms with Crippen LogP contribution in [0.5, 0.6) is 0 Å². The highest BCUT2D eigenvalue weighted by Gasteiger charge is 2.19. The third-order valence-corrected chi connectivity index (χ3v) is 3.04. The van der Waals surface area contributed by atoms with E-state index in [1.807, 2.05) is 18.5 Å². The maximum atomic E-state index is 5.58. The molecule has 0 unspecified atom stereocenters. The van der Waals surface area contributed by atoms with Crippen molar-refractivity contribution in [3.8, 4) is 11.3 Å². The fraction of sp³-hybridized carbons (Fsp3) is 0.333. The van der Waals surface area contributed by atoms with Crippen molar-refractivity contribution in [3.05, 3.63) is 36.0 Å². The smallest absolute Gasteiger partial charge is 0.110 e. The highest BCUT2D eigenvalue weighted by Crippen LogP contribution is 2.28. The van der Waals surface area contributed by atoms with Gasteiger partial charge in [0.25, 0.3) is 0 Å². The van der Waals surface area contributed by atoms with Crippen LogP contribution in [-0.4, -0.2) is 21.1 Å². The lowest BCUT2D eigenvalue weighted by atomic mass is 10.0. The summed E-state index contributed by atoms with van der Waals surface area (Å²) >= 11 is 0. The third kappa shape index (κ3) is 1.34. The Morgan fingerprint density at radius 3 is 3.19 bits per heavy atom. The Labute approximate surface area is 94.1 Å². The molecule has 2 aromatic heterocycles. The molecule has 2 aromatic rings. The van der Waals surface area contributed by atoms with Crippen molar-refractivity contribution >= 4 is 0 Å². The van der Waals surface area contributed by atoms with Gasteiger partial charge in [0, 0.05) is 31.1 Å². The monoisotopic (exact) mass is 214 g/mol. The average molecular weight is 214 g/mol. The summed E-state index contributed by atoms with van der Waals surface area (Å²) in [4.78, 5) is 8.85. The molecule has 0 saturated heterocycles. The number of rotatable bonds is 2. The van der Waals surface area contributed by atoms with Gasteiger partial charge in [-0.15, -0.1) is 0 Å². The number of nitrogens with zero attached hydrogens (tertiary/aromatic N) is 3. The number of hydrogen-bond acceptors (Lipinski definition) is 3. The fourth-order valence-electron chi connectivity index (χ4n) is 2.30. The van der Waals surface area contributed by atoms with Crippen LogP contribution in [-0.2, 0) is 19.4 Å². The van der Waals surface area contributed by atoms with E-state index in [9.17, 15) is 0 Å². The Kier molecular flexibility index (Phi) is 2.22. The van der Waals surface area contributed by atoms with E-state index in [0.717, 1.165) is 25.2 Å². The van der Waals surface area contributed by atoms with Gasteiger partial charge in [-0.3, -0.25) is 4.98 Å². The molecule has 0 amide bonds. The van der Waals surface area contributed by atoms with E-state index < -0.39 is 0 Å². The molecule has 4 heteroatoms. The molecule has 82 valence electrons. The summed E-state index contributed by atoms with van der Waals surface area (Å²) in [7, 11) is 0.